The highest BCUT2D eigenvalue weighted by atomic mass is 16.3. The lowest BCUT2D eigenvalue weighted by molar-refractivity contribution is 0.623. The lowest BCUT2D eigenvalue weighted by Gasteiger charge is -2.28. The first-order chi connectivity index (χ1) is 27.3. The van der Waals surface area contributed by atoms with Crippen molar-refractivity contribution in [2.45, 2.75) is 0 Å². The van der Waals surface area contributed by atoms with E-state index in [1.165, 1.54) is 10.8 Å². The van der Waals surface area contributed by atoms with E-state index in [4.69, 9.17) is 9.40 Å². The molecule has 0 unspecified atom stereocenters. The number of fused-ring (bicyclic) bond motifs is 8. The molecule has 0 N–H and O–H groups in total. The molecule has 9 aromatic carbocycles. The minimum absolute atomic E-state index is 0.622. The Balaban J connectivity index is 1.23. The summed E-state index contributed by atoms with van der Waals surface area (Å²) in [7, 11) is 0. The molecule has 2 heterocycles. The number of aromatic nitrogens is 2. The minimum atomic E-state index is 0.622. The first kappa shape index (κ1) is 31.1. The van der Waals surface area contributed by atoms with Crippen LogP contribution in [0.4, 0.5) is 17.1 Å². The number of anilines is 3. The molecule has 0 saturated heterocycles. The number of hydrogen-bond acceptors (Lipinski definition) is 3. The van der Waals surface area contributed by atoms with Gasteiger partial charge in [0.25, 0.3) is 0 Å². The van der Waals surface area contributed by atoms with Gasteiger partial charge in [0.05, 0.1) is 16.7 Å². The minimum Gasteiger partial charge on any atom is -0.435 e. The van der Waals surface area contributed by atoms with Gasteiger partial charge in [-0.15, -0.1) is 0 Å². The van der Waals surface area contributed by atoms with Crippen molar-refractivity contribution in [3.05, 3.63) is 200 Å². The van der Waals surface area contributed by atoms with Gasteiger partial charge in [-0.2, -0.15) is 0 Å². The Bertz CT molecular complexity index is 3190. The molecule has 0 radical (unpaired) electrons. The molecule has 55 heavy (non-hydrogen) atoms. The molecule has 258 valence electrons. The Kier molecular flexibility index (Phi) is 7.14. The standard InChI is InChI=1S/C51H33N3O/c1-5-15-34(16-6-1)38-31-46(49-42-23-13-14-24-45(42)54(47(49)32-38)40-21-11-4-12-22-40)53(39-19-9-3-10-20-39)41-29-27-35-25-26-36-28-30-44-50(48(36)43(35)33-41)55-51(52-44)37-17-7-2-8-18-37/h1-33H. The molecular weight excluding hydrogens is 671 g/mol. The van der Waals surface area contributed by atoms with Gasteiger partial charge in [-0.25, -0.2) is 4.98 Å². The van der Waals surface area contributed by atoms with E-state index in [1.807, 2.05) is 30.3 Å². The zero-order valence-corrected chi connectivity index (χ0v) is 29.8. The molecule has 2 aromatic heterocycles. The van der Waals surface area contributed by atoms with E-state index in [0.29, 0.717) is 5.89 Å². The molecule has 11 aromatic rings. The Morgan fingerprint density at radius 3 is 1.85 bits per heavy atom. The molecule has 0 aliphatic heterocycles. The fourth-order valence-corrected chi connectivity index (χ4v) is 8.26. The third-order valence-electron chi connectivity index (χ3n) is 10.7. The second kappa shape index (κ2) is 12.6. The summed E-state index contributed by atoms with van der Waals surface area (Å²) in [5, 5.41) is 6.80. The lowest BCUT2D eigenvalue weighted by Crippen LogP contribution is -2.10. The summed E-state index contributed by atoms with van der Waals surface area (Å²) >= 11 is 0. The van der Waals surface area contributed by atoms with Crippen LogP contribution in [0.15, 0.2) is 205 Å². The van der Waals surface area contributed by atoms with Crippen LogP contribution < -0.4 is 4.90 Å². The van der Waals surface area contributed by atoms with E-state index in [9.17, 15) is 0 Å². The first-order valence-corrected chi connectivity index (χ1v) is 18.6. The summed E-state index contributed by atoms with van der Waals surface area (Å²) in [6, 6.07) is 71.1. The van der Waals surface area contributed by atoms with Gasteiger partial charge < -0.3 is 13.9 Å². The maximum absolute atomic E-state index is 6.63. The smallest absolute Gasteiger partial charge is 0.227 e. The Morgan fingerprint density at radius 1 is 0.436 bits per heavy atom. The maximum atomic E-state index is 6.63. The van der Waals surface area contributed by atoms with Gasteiger partial charge in [0, 0.05) is 38.8 Å². The number of para-hydroxylation sites is 3. The van der Waals surface area contributed by atoms with Crippen molar-refractivity contribution >= 4 is 71.5 Å². The van der Waals surface area contributed by atoms with Crippen molar-refractivity contribution in [3.8, 4) is 28.3 Å². The molecular formula is C51H33N3O. The Hall–Kier alpha value is -7.43. The second-order valence-electron chi connectivity index (χ2n) is 14.0. The highest BCUT2D eigenvalue weighted by molar-refractivity contribution is 6.20. The summed E-state index contributed by atoms with van der Waals surface area (Å²) in [6.45, 7) is 0. The molecule has 0 atom stereocenters. The van der Waals surface area contributed by atoms with Crippen LogP contribution in [0, 0.1) is 0 Å². The van der Waals surface area contributed by atoms with Crippen molar-refractivity contribution in [3.63, 3.8) is 0 Å². The lowest BCUT2D eigenvalue weighted by atomic mass is 9.98. The molecule has 0 bridgehead atoms. The van der Waals surface area contributed by atoms with E-state index >= 15 is 0 Å². The third-order valence-corrected chi connectivity index (χ3v) is 10.7. The monoisotopic (exact) mass is 703 g/mol. The molecule has 0 aliphatic carbocycles. The van der Waals surface area contributed by atoms with Crippen LogP contribution >= 0.6 is 0 Å². The van der Waals surface area contributed by atoms with Gasteiger partial charge in [0.2, 0.25) is 5.89 Å². The largest absolute Gasteiger partial charge is 0.435 e. The highest BCUT2D eigenvalue weighted by Crippen LogP contribution is 2.47. The zero-order valence-electron chi connectivity index (χ0n) is 29.8. The first-order valence-electron chi connectivity index (χ1n) is 18.6. The summed E-state index contributed by atoms with van der Waals surface area (Å²) < 4.78 is 9.04. The van der Waals surface area contributed by atoms with E-state index in [-0.39, 0.29) is 0 Å². The third kappa shape index (κ3) is 5.11. The molecule has 0 fully saturated rings. The maximum Gasteiger partial charge on any atom is 0.227 e. The number of hydrogen-bond donors (Lipinski definition) is 0. The Morgan fingerprint density at radius 2 is 1.07 bits per heavy atom. The van der Waals surface area contributed by atoms with Gasteiger partial charge in [-0.05, 0) is 100 Å². The summed E-state index contributed by atoms with van der Waals surface area (Å²) in [5.41, 5.74) is 11.6. The van der Waals surface area contributed by atoms with Crippen molar-refractivity contribution in [2.24, 2.45) is 0 Å². The predicted octanol–water partition coefficient (Wildman–Crippen LogP) is 14.0. The number of oxazole rings is 1. The van der Waals surface area contributed by atoms with Crippen molar-refractivity contribution in [1.29, 1.82) is 0 Å². The fourth-order valence-electron chi connectivity index (χ4n) is 8.26. The van der Waals surface area contributed by atoms with Crippen LogP contribution in [0.25, 0.3) is 82.7 Å². The van der Waals surface area contributed by atoms with Crippen LogP contribution in [0.2, 0.25) is 0 Å². The van der Waals surface area contributed by atoms with Crippen LogP contribution in [-0.2, 0) is 0 Å². The zero-order chi connectivity index (χ0) is 36.3. The summed E-state index contributed by atoms with van der Waals surface area (Å²) in [5.74, 6) is 0.622. The van der Waals surface area contributed by atoms with E-state index in [2.05, 4.69) is 179 Å². The van der Waals surface area contributed by atoms with Gasteiger partial charge in [-0.3, -0.25) is 0 Å². The van der Waals surface area contributed by atoms with Crippen LogP contribution in [0.1, 0.15) is 0 Å². The molecule has 11 rings (SSSR count). The van der Waals surface area contributed by atoms with Gasteiger partial charge >= 0.3 is 0 Å². The quantitative estimate of drug-likeness (QED) is 0.162. The number of rotatable bonds is 6. The van der Waals surface area contributed by atoms with Gasteiger partial charge in [-0.1, -0.05) is 127 Å². The van der Waals surface area contributed by atoms with Crippen molar-refractivity contribution < 1.29 is 4.42 Å². The summed E-state index contributed by atoms with van der Waals surface area (Å²) in [4.78, 5) is 7.36. The molecule has 0 aliphatic rings. The van der Waals surface area contributed by atoms with Crippen LogP contribution in [0.5, 0.6) is 0 Å². The van der Waals surface area contributed by atoms with E-state index in [1.54, 1.807) is 0 Å². The predicted molar refractivity (Wildman–Crippen MR) is 229 cm³/mol. The Labute approximate surface area is 317 Å². The number of benzene rings is 9. The fraction of sp³-hybridized carbons (Fsp3) is 0. The summed E-state index contributed by atoms with van der Waals surface area (Å²) in [6.07, 6.45) is 0. The van der Waals surface area contributed by atoms with Crippen molar-refractivity contribution in [2.75, 3.05) is 4.90 Å². The average Bonchev–Trinajstić information content (AvgIpc) is 3.85. The molecule has 0 spiro atoms. The normalized spacial score (nSPS) is 11.6. The molecule has 4 nitrogen and oxygen atoms in total. The number of nitrogens with zero attached hydrogens (tertiary/aromatic N) is 3. The van der Waals surface area contributed by atoms with E-state index < -0.39 is 0 Å². The van der Waals surface area contributed by atoms with Gasteiger partial charge in [0.1, 0.15) is 5.52 Å². The van der Waals surface area contributed by atoms with E-state index in [0.717, 1.165) is 83.1 Å². The van der Waals surface area contributed by atoms with Crippen molar-refractivity contribution in [1.82, 2.24) is 9.55 Å². The highest BCUT2D eigenvalue weighted by Gasteiger charge is 2.23. The van der Waals surface area contributed by atoms with Crippen LogP contribution in [-0.4, -0.2) is 9.55 Å². The molecule has 0 amide bonds. The molecule has 4 heteroatoms. The average molecular weight is 704 g/mol. The van der Waals surface area contributed by atoms with Crippen LogP contribution in [0.3, 0.4) is 0 Å². The van der Waals surface area contributed by atoms with Gasteiger partial charge in [0.15, 0.2) is 5.58 Å². The topological polar surface area (TPSA) is 34.2 Å². The SMILES string of the molecule is c1ccc(-c2cc(N(c3ccccc3)c3ccc4ccc5ccc6nc(-c7ccccc7)oc6c5c4c3)c3c4ccccc4n(-c4ccccc4)c3c2)cc1. The second-order valence-corrected chi connectivity index (χ2v) is 14.0. The molecule has 0 saturated carbocycles.